The van der Waals surface area contributed by atoms with Crippen molar-refractivity contribution >= 4 is 29.1 Å². The summed E-state index contributed by atoms with van der Waals surface area (Å²) in [6.45, 7) is 6.15. The zero-order chi connectivity index (χ0) is 16.3. The smallest absolute Gasteiger partial charge is 0.313 e. The van der Waals surface area contributed by atoms with Crippen molar-refractivity contribution in [3.05, 3.63) is 24.4 Å². The molecule has 0 bridgehead atoms. The highest BCUT2D eigenvalue weighted by Crippen LogP contribution is 2.25. The van der Waals surface area contributed by atoms with Crippen molar-refractivity contribution in [1.82, 2.24) is 9.88 Å². The van der Waals surface area contributed by atoms with Gasteiger partial charge in [-0.05, 0) is 51.5 Å². The van der Waals surface area contributed by atoms with Crippen LogP contribution in [-0.4, -0.2) is 39.3 Å². The number of likely N-dealkylation sites (tertiary alicyclic amines) is 1. The Hall–Kier alpha value is -1.73. The lowest BCUT2D eigenvalue weighted by atomic mass is 10.1. The lowest BCUT2D eigenvalue weighted by Gasteiger charge is -2.28. The van der Waals surface area contributed by atoms with Crippen LogP contribution in [0.5, 0.6) is 0 Å². The molecule has 1 saturated heterocycles. The van der Waals surface area contributed by atoms with Gasteiger partial charge in [0.1, 0.15) is 11.4 Å². The van der Waals surface area contributed by atoms with Gasteiger partial charge in [-0.25, -0.2) is 4.98 Å². The molecule has 0 aliphatic carbocycles. The number of ether oxygens (including phenoxy) is 1. The van der Waals surface area contributed by atoms with E-state index in [0.717, 1.165) is 0 Å². The highest BCUT2D eigenvalue weighted by molar-refractivity contribution is 7.80. The molecule has 22 heavy (non-hydrogen) atoms. The summed E-state index contributed by atoms with van der Waals surface area (Å²) >= 11 is 5.36. The first-order valence-corrected chi connectivity index (χ1v) is 7.66. The van der Waals surface area contributed by atoms with E-state index in [1.54, 1.807) is 11.1 Å². The largest absolute Gasteiger partial charge is 0.460 e. The van der Waals surface area contributed by atoms with Gasteiger partial charge in [-0.15, -0.1) is 0 Å². The highest BCUT2D eigenvalue weighted by atomic mass is 32.1. The summed E-state index contributed by atoms with van der Waals surface area (Å²) in [7, 11) is 0. The van der Waals surface area contributed by atoms with Crippen molar-refractivity contribution in [2.75, 3.05) is 11.9 Å². The van der Waals surface area contributed by atoms with Gasteiger partial charge in [-0.2, -0.15) is 0 Å². The van der Waals surface area contributed by atoms with E-state index in [9.17, 15) is 4.79 Å². The van der Waals surface area contributed by atoms with Crippen LogP contribution in [-0.2, 0) is 9.53 Å². The Morgan fingerprint density at radius 1 is 1.50 bits per heavy atom. The third-order valence-corrected chi connectivity index (χ3v) is 3.66. The number of carbonyl (C=O) groups is 1. The Labute approximate surface area is 136 Å². The maximum atomic E-state index is 12.2. The summed E-state index contributed by atoms with van der Waals surface area (Å²) in [5.74, 6) is 0.00580. The maximum Gasteiger partial charge on any atom is 0.313 e. The molecule has 0 amide bonds. The van der Waals surface area contributed by atoms with Crippen LogP contribution in [0.4, 0.5) is 5.82 Å². The molecule has 120 valence electrons. The number of thiocarbonyl (C=S) groups is 1. The van der Waals surface area contributed by atoms with E-state index < -0.39 is 11.8 Å². The molecular formula is C15H22N4O2S. The van der Waals surface area contributed by atoms with Crippen LogP contribution in [0, 0.1) is 5.92 Å². The number of aromatic nitrogens is 1. The summed E-state index contributed by atoms with van der Waals surface area (Å²) in [5, 5.41) is 3.51. The van der Waals surface area contributed by atoms with Crippen molar-refractivity contribution in [1.29, 1.82) is 0 Å². The first-order chi connectivity index (χ1) is 10.3. The molecule has 1 unspecified atom stereocenters. The van der Waals surface area contributed by atoms with Gasteiger partial charge in [-0.3, -0.25) is 4.79 Å². The van der Waals surface area contributed by atoms with Gasteiger partial charge in [0.05, 0.1) is 12.1 Å². The number of nitrogens with zero attached hydrogens (tertiary/aromatic N) is 2. The average Bonchev–Trinajstić information content (AvgIpc) is 2.80. The second kappa shape index (κ2) is 6.58. The number of nitrogens with two attached hydrogens (primary N) is 1. The first kappa shape index (κ1) is 16.6. The lowest BCUT2D eigenvalue weighted by Crippen LogP contribution is -2.48. The summed E-state index contributed by atoms with van der Waals surface area (Å²) in [4.78, 5) is 18.2. The van der Waals surface area contributed by atoms with Gasteiger partial charge in [0.15, 0.2) is 5.11 Å². The predicted molar refractivity (Wildman–Crippen MR) is 89.1 cm³/mol. The molecule has 1 aliphatic heterocycles. The van der Waals surface area contributed by atoms with Crippen LogP contribution >= 0.6 is 12.2 Å². The summed E-state index contributed by atoms with van der Waals surface area (Å²) < 4.78 is 5.42. The SMILES string of the molecule is CC(C)(C)OC(=O)C1CCN(C(=S)Nc2ccccn2)[C@@H]1N. The zero-order valence-electron chi connectivity index (χ0n) is 13.1. The van der Waals surface area contributed by atoms with E-state index in [1.807, 2.05) is 39.0 Å². The number of esters is 1. The lowest BCUT2D eigenvalue weighted by molar-refractivity contribution is -0.160. The van der Waals surface area contributed by atoms with Crippen molar-refractivity contribution < 1.29 is 9.53 Å². The number of hydrogen-bond acceptors (Lipinski definition) is 5. The molecule has 3 N–H and O–H groups in total. The van der Waals surface area contributed by atoms with Crippen molar-refractivity contribution in [3.63, 3.8) is 0 Å². The summed E-state index contributed by atoms with van der Waals surface area (Å²) in [6, 6.07) is 5.51. The number of hydrogen-bond donors (Lipinski definition) is 2. The Morgan fingerprint density at radius 2 is 2.23 bits per heavy atom. The quantitative estimate of drug-likeness (QED) is 0.634. The minimum absolute atomic E-state index is 0.275. The van der Waals surface area contributed by atoms with Gasteiger partial charge in [0.25, 0.3) is 0 Å². The molecule has 1 fully saturated rings. The third-order valence-electron chi connectivity index (χ3n) is 3.32. The number of rotatable bonds is 2. The Bertz CT molecular complexity index is 544. The van der Waals surface area contributed by atoms with E-state index in [0.29, 0.717) is 23.9 Å². The first-order valence-electron chi connectivity index (χ1n) is 7.25. The van der Waals surface area contributed by atoms with Crippen molar-refractivity contribution in [2.24, 2.45) is 11.7 Å². The van der Waals surface area contributed by atoms with Crippen LogP contribution in [0.25, 0.3) is 0 Å². The molecule has 1 aromatic rings. The Balaban J connectivity index is 1.97. The molecular weight excluding hydrogens is 300 g/mol. The standard InChI is InChI=1S/C15H22N4O2S/c1-15(2,3)21-13(20)10-7-9-19(12(10)16)14(22)18-11-6-4-5-8-17-11/h4-6,8,10,12H,7,9,16H2,1-3H3,(H,17,18,22)/t10?,12-/m0/s1. The second-order valence-electron chi connectivity index (χ2n) is 6.26. The monoisotopic (exact) mass is 322 g/mol. The Kier molecular flexibility index (Phi) is 4.97. The molecule has 1 aliphatic rings. The van der Waals surface area contributed by atoms with Gasteiger partial charge < -0.3 is 20.7 Å². The van der Waals surface area contributed by atoms with Gasteiger partial charge in [-0.1, -0.05) is 6.07 Å². The highest BCUT2D eigenvalue weighted by Gasteiger charge is 2.39. The van der Waals surface area contributed by atoms with E-state index in [4.69, 9.17) is 22.7 Å². The molecule has 6 nitrogen and oxygen atoms in total. The molecule has 2 atom stereocenters. The number of anilines is 1. The van der Waals surface area contributed by atoms with E-state index in [-0.39, 0.29) is 11.9 Å². The predicted octanol–water partition coefficient (Wildman–Crippen LogP) is 1.73. The van der Waals surface area contributed by atoms with Crippen LogP contribution in [0.2, 0.25) is 0 Å². The second-order valence-corrected chi connectivity index (χ2v) is 6.64. The fraction of sp³-hybridized carbons (Fsp3) is 0.533. The fourth-order valence-corrected chi connectivity index (χ4v) is 2.62. The zero-order valence-corrected chi connectivity index (χ0v) is 13.9. The number of carbonyl (C=O) groups excluding carboxylic acids is 1. The van der Waals surface area contributed by atoms with Crippen LogP contribution in [0.15, 0.2) is 24.4 Å². The number of nitrogens with one attached hydrogen (secondary N) is 1. The van der Waals surface area contributed by atoms with Crippen LogP contribution < -0.4 is 11.1 Å². The van der Waals surface area contributed by atoms with Crippen molar-refractivity contribution in [3.8, 4) is 0 Å². The van der Waals surface area contributed by atoms with E-state index in [2.05, 4.69) is 10.3 Å². The molecule has 0 spiro atoms. The van der Waals surface area contributed by atoms with E-state index in [1.165, 1.54) is 0 Å². The maximum absolute atomic E-state index is 12.2. The minimum atomic E-state index is -0.517. The summed E-state index contributed by atoms with van der Waals surface area (Å²) in [6.07, 6.45) is 1.82. The van der Waals surface area contributed by atoms with E-state index >= 15 is 0 Å². The molecule has 7 heteroatoms. The Morgan fingerprint density at radius 3 is 2.82 bits per heavy atom. The normalized spacial score (nSPS) is 21.5. The van der Waals surface area contributed by atoms with Crippen LogP contribution in [0.1, 0.15) is 27.2 Å². The molecule has 2 rings (SSSR count). The van der Waals surface area contributed by atoms with Gasteiger partial charge in [0.2, 0.25) is 0 Å². The van der Waals surface area contributed by atoms with Gasteiger partial charge >= 0.3 is 5.97 Å². The molecule has 1 aromatic heterocycles. The topological polar surface area (TPSA) is 80.5 Å². The van der Waals surface area contributed by atoms with Crippen LogP contribution in [0.3, 0.4) is 0 Å². The average molecular weight is 322 g/mol. The van der Waals surface area contributed by atoms with Gasteiger partial charge in [0, 0.05) is 12.7 Å². The minimum Gasteiger partial charge on any atom is -0.460 e. The third kappa shape index (κ3) is 4.14. The van der Waals surface area contributed by atoms with Crippen molar-refractivity contribution in [2.45, 2.75) is 39.0 Å². The molecule has 2 heterocycles. The molecule has 0 saturated carbocycles. The molecule has 0 aromatic carbocycles. The summed E-state index contributed by atoms with van der Waals surface area (Å²) in [5.41, 5.74) is 5.66. The number of pyridine rings is 1. The fourth-order valence-electron chi connectivity index (χ4n) is 2.30. The molecule has 0 radical (unpaired) electrons.